The Hall–Kier alpha value is -1.14. The average molecular weight is 723 g/mol. The first-order valence-corrected chi connectivity index (χ1v) is 22.8. The summed E-state index contributed by atoms with van der Waals surface area (Å²) in [4.78, 5) is 25.7. The van der Waals surface area contributed by atoms with E-state index in [0.29, 0.717) is 13.2 Å². The van der Waals surface area contributed by atoms with Crippen molar-refractivity contribution in [1.82, 2.24) is 10.4 Å². The molecule has 0 heterocycles. The summed E-state index contributed by atoms with van der Waals surface area (Å²) in [5.41, 5.74) is 3.53. The molecule has 6 heteroatoms. The van der Waals surface area contributed by atoms with Crippen LogP contribution in [-0.4, -0.2) is 50.3 Å². The normalized spacial score (nSPS) is 12.7. The Morgan fingerprint density at radius 3 is 1.16 bits per heavy atom. The maximum absolute atomic E-state index is 12.9. The Morgan fingerprint density at radius 1 is 0.431 bits per heavy atom. The van der Waals surface area contributed by atoms with Gasteiger partial charge in [-0.25, -0.2) is 5.01 Å². The molecule has 0 radical (unpaired) electrons. The monoisotopic (exact) mass is 723 g/mol. The lowest BCUT2D eigenvalue weighted by molar-refractivity contribution is -0.150. The summed E-state index contributed by atoms with van der Waals surface area (Å²) in [5.74, 6) is 0.329. The minimum atomic E-state index is 0.0602. The van der Waals surface area contributed by atoms with Crippen molar-refractivity contribution in [3.63, 3.8) is 0 Å². The number of hydrogen-bond acceptors (Lipinski definition) is 6. The number of nitrogens with zero attached hydrogens (tertiary/aromatic N) is 1. The van der Waals surface area contributed by atoms with E-state index in [1.165, 1.54) is 109 Å². The lowest BCUT2D eigenvalue weighted by atomic mass is 9.94. The Balaban J connectivity index is 3.96. The number of carbonyl (C=O) groups is 2. The van der Waals surface area contributed by atoms with Crippen molar-refractivity contribution in [3.05, 3.63) is 0 Å². The molecule has 6 nitrogen and oxygen atoms in total. The number of rotatable bonds is 41. The quantitative estimate of drug-likeness (QED) is 0.0385. The second-order valence-corrected chi connectivity index (χ2v) is 15.7. The molecule has 0 saturated heterocycles. The summed E-state index contributed by atoms with van der Waals surface area (Å²) < 4.78 is 11.5. The van der Waals surface area contributed by atoms with Crippen LogP contribution in [-0.2, 0) is 19.1 Å². The highest BCUT2D eigenvalue weighted by Gasteiger charge is 2.20. The van der Waals surface area contributed by atoms with E-state index in [1.807, 2.05) is 0 Å². The molecule has 0 aromatic carbocycles. The molecule has 51 heavy (non-hydrogen) atoms. The van der Waals surface area contributed by atoms with Crippen LogP contribution in [0.5, 0.6) is 0 Å². The molecule has 0 aromatic heterocycles. The SMILES string of the molecule is CCCCCCCCC(CCCCCC)C(=O)OCCCCCCNN(C)CCCCCCOC(=O)C(CCCCCC)CCCCCCCC. The van der Waals surface area contributed by atoms with E-state index >= 15 is 0 Å². The van der Waals surface area contributed by atoms with Crippen LogP contribution in [0.4, 0.5) is 0 Å². The summed E-state index contributed by atoms with van der Waals surface area (Å²) in [6.45, 7) is 12.2. The molecule has 0 aromatic rings. The molecular formula is C45H90N2O4. The first-order valence-electron chi connectivity index (χ1n) is 22.8. The predicted molar refractivity (Wildman–Crippen MR) is 220 cm³/mol. The lowest BCUT2D eigenvalue weighted by Crippen LogP contribution is -2.35. The molecular weight excluding hydrogens is 633 g/mol. The zero-order valence-corrected chi connectivity index (χ0v) is 35.2. The van der Waals surface area contributed by atoms with Gasteiger partial charge in [0.2, 0.25) is 0 Å². The van der Waals surface area contributed by atoms with Gasteiger partial charge >= 0.3 is 11.9 Å². The van der Waals surface area contributed by atoms with Gasteiger partial charge < -0.3 is 9.47 Å². The topological polar surface area (TPSA) is 67.9 Å². The van der Waals surface area contributed by atoms with Crippen LogP contribution in [0.1, 0.15) is 233 Å². The van der Waals surface area contributed by atoms with Crippen molar-refractivity contribution < 1.29 is 19.1 Å². The third-order valence-corrected chi connectivity index (χ3v) is 10.6. The number of carbonyl (C=O) groups excluding carboxylic acids is 2. The van der Waals surface area contributed by atoms with Crippen molar-refractivity contribution in [2.45, 2.75) is 233 Å². The standard InChI is InChI=1S/C45H90N2O4/c1-6-10-14-18-20-28-36-42(34-26-16-12-8-3)44(48)50-40-32-24-22-30-38-46-47(5)39-31-23-25-33-41-51-45(49)43(35-27-17-13-9-4)37-29-21-19-15-11-7-2/h42-43,46H,6-41H2,1-5H3. The second-order valence-electron chi connectivity index (χ2n) is 15.7. The summed E-state index contributed by atoms with van der Waals surface area (Å²) in [7, 11) is 2.13. The zero-order chi connectivity index (χ0) is 37.5. The van der Waals surface area contributed by atoms with Crippen LogP contribution >= 0.6 is 0 Å². The fourth-order valence-corrected chi connectivity index (χ4v) is 7.05. The Bertz CT molecular complexity index is 733. The molecule has 0 aliphatic heterocycles. The number of hydrazine groups is 1. The molecule has 0 bridgehead atoms. The minimum Gasteiger partial charge on any atom is -0.465 e. The third-order valence-electron chi connectivity index (χ3n) is 10.6. The summed E-state index contributed by atoms with van der Waals surface area (Å²) in [6.07, 6.45) is 37.9. The number of esters is 2. The molecule has 1 N–H and O–H groups in total. The van der Waals surface area contributed by atoms with Crippen molar-refractivity contribution in [2.24, 2.45) is 11.8 Å². The Kier molecular flexibility index (Phi) is 39.2. The van der Waals surface area contributed by atoms with Crippen LogP contribution in [0.15, 0.2) is 0 Å². The smallest absolute Gasteiger partial charge is 0.308 e. The van der Waals surface area contributed by atoms with Gasteiger partial charge in [-0.15, -0.1) is 0 Å². The van der Waals surface area contributed by atoms with Gasteiger partial charge in [0, 0.05) is 20.1 Å². The van der Waals surface area contributed by atoms with Crippen molar-refractivity contribution >= 4 is 11.9 Å². The second kappa shape index (κ2) is 40.1. The molecule has 0 saturated carbocycles. The Labute approximate surface area is 319 Å². The van der Waals surface area contributed by atoms with Crippen LogP contribution in [0, 0.1) is 11.8 Å². The molecule has 0 rings (SSSR count). The molecule has 304 valence electrons. The maximum Gasteiger partial charge on any atom is 0.308 e. The van der Waals surface area contributed by atoms with E-state index in [2.05, 4.69) is 45.2 Å². The molecule has 0 spiro atoms. The van der Waals surface area contributed by atoms with Crippen LogP contribution in [0.3, 0.4) is 0 Å². The summed E-state index contributed by atoms with van der Waals surface area (Å²) >= 11 is 0. The first kappa shape index (κ1) is 49.9. The van der Waals surface area contributed by atoms with Gasteiger partial charge in [-0.3, -0.25) is 15.0 Å². The Morgan fingerprint density at radius 2 is 0.745 bits per heavy atom. The number of unbranched alkanes of at least 4 members (excludes halogenated alkanes) is 22. The van der Waals surface area contributed by atoms with Gasteiger partial charge in [0.05, 0.1) is 25.0 Å². The highest BCUT2D eigenvalue weighted by atomic mass is 16.5. The highest BCUT2D eigenvalue weighted by Crippen LogP contribution is 2.22. The fourth-order valence-electron chi connectivity index (χ4n) is 7.05. The zero-order valence-electron chi connectivity index (χ0n) is 35.2. The van der Waals surface area contributed by atoms with Crippen molar-refractivity contribution in [1.29, 1.82) is 0 Å². The van der Waals surface area contributed by atoms with Gasteiger partial charge in [0.1, 0.15) is 0 Å². The fraction of sp³-hybridized carbons (Fsp3) is 0.956. The lowest BCUT2D eigenvalue weighted by Gasteiger charge is -2.18. The molecule has 0 amide bonds. The van der Waals surface area contributed by atoms with E-state index in [4.69, 9.17) is 9.47 Å². The van der Waals surface area contributed by atoms with Gasteiger partial charge in [-0.1, -0.05) is 182 Å². The number of ether oxygens (including phenoxy) is 2. The summed E-state index contributed by atoms with van der Waals surface area (Å²) in [5, 5.41) is 2.22. The third kappa shape index (κ3) is 34.4. The van der Waals surface area contributed by atoms with Gasteiger partial charge in [-0.2, -0.15) is 0 Å². The molecule has 0 fully saturated rings. The largest absolute Gasteiger partial charge is 0.465 e. The van der Waals surface area contributed by atoms with Crippen LogP contribution < -0.4 is 5.43 Å². The van der Waals surface area contributed by atoms with E-state index < -0.39 is 0 Å². The van der Waals surface area contributed by atoms with Crippen LogP contribution in [0.25, 0.3) is 0 Å². The van der Waals surface area contributed by atoms with Crippen LogP contribution in [0.2, 0.25) is 0 Å². The van der Waals surface area contributed by atoms with E-state index in [-0.39, 0.29) is 23.8 Å². The van der Waals surface area contributed by atoms with Crippen molar-refractivity contribution in [3.8, 4) is 0 Å². The average Bonchev–Trinajstić information content (AvgIpc) is 3.13. The summed E-state index contributed by atoms with van der Waals surface area (Å²) in [6, 6.07) is 0. The van der Waals surface area contributed by atoms with Crippen molar-refractivity contribution in [2.75, 3.05) is 33.4 Å². The first-order chi connectivity index (χ1) is 25.0. The van der Waals surface area contributed by atoms with E-state index in [0.717, 1.165) is 109 Å². The van der Waals surface area contributed by atoms with E-state index in [9.17, 15) is 9.59 Å². The van der Waals surface area contributed by atoms with Gasteiger partial charge in [0.25, 0.3) is 0 Å². The van der Waals surface area contributed by atoms with Gasteiger partial charge in [-0.05, 0) is 51.4 Å². The number of hydrogen-bond donors (Lipinski definition) is 1. The minimum absolute atomic E-state index is 0.0602. The number of nitrogens with one attached hydrogen (secondary N) is 1. The molecule has 2 atom stereocenters. The van der Waals surface area contributed by atoms with E-state index in [1.54, 1.807) is 0 Å². The maximum atomic E-state index is 12.9. The molecule has 2 unspecified atom stereocenters. The highest BCUT2D eigenvalue weighted by molar-refractivity contribution is 5.72. The van der Waals surface area contributed by atoms with Gasteiger partial charge in [0.15, 0.2) is 0 Å². The molecule has 0 aliphatic rings. The molecule has 0 aliphatic carbocycles. The predicted octanol–water partition coefficient (Wildman–Crippen LogP) is 13.3.